The predicted molar refractivity (Wildman–Crippen MR) is 89.1 cm³/mol. The summed E-state index contributed by atoms with van der Waals surface area (Å²) < 4.78 is 13.7. The van der Waals surface area contributed by atoms with Gasteiger partial charge >= 0.3 is 6.03 Å². The minimum atomic E-state index is -0.428. The van der Waals surface area contributed by atoms with Gasteiger partial charge in [0, 0.05) is 16.7 Å². The topological polar surface area (TPSA) is 32.3 Å². The molecule has 1 atom stereocenters. The van der Waals surface area contributed by atoms with Gasteiger partial charge in [-0.1, -0.05) is 31.2 Å². The highest BCUT2D eigenvalue weighted by Crippen LogP contribution is 2.39. The van der Waals surface area contributed by atoms with Crippen molar-refractivity contribution in [3.05, 3.63) is 54.3 Å². The quantitative estimate of drug-likeness (QED) is 0.867. The Kier molecular flexibility index (Phi) is 4.34. The lowest BCUT2D eigenvalue weighted by molar-refractivity contribution is 0.256. The first-order valence-corrected chi connectivity index (χ1v) is 8.15. The molecule has 1 aliphatic rings. The highest BCUT2D eigenvalue weighted by atomic mass is 32.2. The number of amides is 2. The number of benzene rings is 2. The summed E-state index contributed by atoms with van der Waals surface area (Å²) >= 11 is 1.79. The molecule has 0 fully saturated rings. The molecular formula is C17H17FN2OS. The molecule has 2 aromatic carbocycles. The van der Waals surface area contributed by atoms with E-state index in [1.807, 2.05) is 24.3 Å². The van der Waals surface area contributed by atoms with Gasteiger partial charge < -0.3 is 5.32 Å². The molecule has 0 radical (unpaired) electrons. The summed E-state index contributed by atoms with van der Waals surface area (Å²) in [7, 11) is 0. The number of rotatable bonds is 2. The number of para-hydroxylation sites is 2. The van der Waals surface area contributed by atoms with Gasteiger partial charge in [-0.2, -0.15) is 0 Å². The maximum Gasteiger partial charge on any atom is 0.326 e. The van der Waals surface area contributed by atoms with E-state index in [0.717, 1.165) is 17.0 Å². The van der Waals surface area contributed by atoms with Crippen molar-refractivity contribution in [3.8, 4) is 0 Å². The van der Waals surface area contributed by atoms with Crippen molar-refractivity contribution in [2.24, 2.45) is 0 Å². The van der Waals surface area contributed by atoms with Crippen LogP contribution in [-0.4, -0.2) is 17.8 Å². The minimum absolute atomic E-state index is 0.205. The molecule has 5 heteroatoms. The van der Waals surface area contributed by atoms with Crippen molar-refractivity contribution in [2.45, 2.75) is 23.5 Å². The van der Waals surface area contributed by atoms with Gasteiger partial charge in [0.2, 0.25) is 0 Å². The molecule has 0 aliphatic carbocycles. The summed E-state index contributed by atoms with van der Waals surface area (Å²) in [5.74, 6) is -0.428. The molecule has 2 amide bonds. The molecular weight excluding hydrogens is 299 g/mol. The average Bonchev–Trinajstić information content (AvgIpc) is 2.55. The summed E-state index contributed by atoms with van der Waals surface area (Å²) in [6.45, 7) is 2.73. The number of carbonyl (C=O) groups excluding carboxylic acids is 1. The average molecular weight is 316 g/mol. The van der Waals surface area contributed by atoms with E-state index in [4.69, 9.17) is 0 Å². The Bertz CT molecular complexity index is 692. The monoisotopic (exact) mass is 316 g/mol. The zero-order chi connectivity index (χ0) is 15.5. The van der Waals surface area contributed by atoms with Crippen molar-refractivity contribution in [1.82, 2.24) is 0 Å². The first kappa shape index (κ1) is 14.9. The molecule has 22 heavy (non-hydrogen) atoms. The number of carbonyl (C=O) groups is 1. The van der Waals surface area contributed by atoms with E-state index in [2.05, 4.69) is 12.2 Å². The van der Waals surface area contributed by atoms with Crippen LogP contribution in [0.2, 0.25) is 0 Å². The highest BCUT2D eigenvalue weighted by Gasteiger charge is 2.28. The minimum Gasteiger partial charge on any atom is -0.305 e. The summed E-state index contributed by atoms with van der Waals surface area (Å²) in [6, 6.07) is 13.7. The second-order valence-electron chi connectivity index (χ2n) is 5.14. The van der Waals surface area contributed by atoms with Crippen LogP contribution in [0, 0.1) is 5.82 Å². The molecule has 0 aromatic heterocycles. The molecule has 0 saturated heterocycles. The number of nitrogens with one attached hydrogen (secondary N) is 1. The smallest absolute Gasteiger partial charge is 0.305 e. The lowest BCUT2D eigenvalue weighted by atomic mass is 10.2. The fourth-order valence-electron chi connectivity index (χ4n) is 2.45. The summed E-state index contributed by atoms with van der Waals surface area (Å²) in [5.41, 5.74) is 1.09. The normalized spacial score (nSPS) is 17.0. The fourth-order valence-corrected chi connectivity index (χ4v) is 3.65. The molecule has 0 unspecified atom stereocenters. The summed E-state index contributed by atoms with van der Waals surface area (Å²) in [6.07, 6.45) is 0.975. The number of hydrogen-bond acceptors (Lipinski definition) is 2. The van der Waals surface area contributed by atoms with Gasteiger partial charge in [-0.05, 0) is 30.7 Å². The van der Waals surface area contributed by atoms with Crippen molar-refractivity contribution in [2.75, 3.05) is 16.8 Å². The van der Waals surface area contributed by atoms with Crippen LogP contribution < -0.4 is 10.2 Å². The first-order chi connectivity index (χ1) is 10.7. The number of hydrogen-bond donors (Lipinski definition) is 1. The Morgan fingerprint density at radius 2 is 2.00 bits per heavy atom. The van der Waals surface area contributed by atoms with Gasteiger partial charge in [0.15, 0.2) is 0 Å². The maximum atomic E-state index is 13.7. The fraction of sp³-hybridized carbons (Fsp3) is 0.235. The van der Waals surface area contributed by atoms with Gasteiger partial charge in [0.1, 0.15) is 5.82 Å². The van der Waals surface area contributed by atoms with E-state index in [1.165, 1.54) is 6.07 Å². The van der Waals surface area contributed by atoms with Crippen LogP contribution in [0.4, 0.5) is 20.6 Å². The Morgan fingerprint density at radius 3 is 2.77 bits per heavy atom. The third-order valence-electron chi connectivity index (χ3n) is 3.65. The molecule has 1 aliphatic heterocycles. The summed E-state index contributed by atoms with van der Waals surface area (Å²) in [4.78, 5) is 15.4. The zero-order valence-electron chi connectivity index (χ0n) is 12.3. The number of nitrogens with zero attached hydrogens (tertiary/aromatic N) is 1. The Hall–Kier alpha value is -2.01. The number of thioether (sulfide) groups is 1. The molecule has 0 bridgehead atoms. The third kappa shape index (κ3) is 2.95. The molecule has 1 heterocycles. The van der Waals surface area contributed by atoms with Gasteiger partial charge in [0.25, 0.3) is 0 Å². The second-order valence-corrected chi connectivity index (χ2v) is 6.48. The number of anilines is 2. The van der Waals surface area contributed by atoms with Gasteiger partial charge in [0.05, 0.1) is 11.4 Å². The van der Waals surface area contributed by atoms with Gasteiger partial charge in [-0.15, -0.1) is 11.8 Å². The van der Waals surface area contributed by atoms with E-state index < -0.39 is 5.82 Å². The first-order valence-electron chi connectivity index (χ1n) is 7.27. The van der Waals surface area contributed by atoms with Crippen LogP contribution >= 0.6 is 11.8 Å². The van der Waals surface area contributed by atoms with Crippen molar-refractivity contribution in [1.29, 1.82) is 0 Å². The SMILES string of the molecule is CC[C@@H]1CN(C(=O)Nc2ccccc2F)c2ccccc2S1. The Labute approximate surface area is 133 Å². The molecule has 0 spiro atoms. The molecule has 1 N–H and O–H groups in total. The van der Waals surface area contributed by atoms with Gasteiger partial charge in [-0.3, -0.25) is 4.90 Å². The molecule has 3 nitrogen and oxygen atoms in total. The predicted octanol–water partition coefficient (Wildman–Crippen LogP) is 4.75. The van der Waals surface area contributed by atoms with E-state index in [1.54, 1.807) is 34.9 Å². The highest BCUT2D eigenvalue weighted by molar-refractivity contribution is 8.00. The molecule has 3 rings (SSSR count). The standard InChI is InChI=1S/C17H17FN2OS/c1-2-12-11-20(15-9-5-6-10-16(15)22-12)17(21)19-14-8-4-3-7-13(14)18/h3-10,12H,2,11H2,1H3,(H,19,21)/t12-/m1/s1. The van der Waals surface area contributed by atoms with Crippen LogP contribution in [0.15, 0.2) is 53.4 Å². The van der Waals surface area contributed by atoms with Gasteiger partial charge in [-0.25, -0.2) is 9.18 Å². The van der Waals surface area contributed by atoms with Crippen LogP contribution in [-0.2, 0) is 0 Å². The molecule has 114 valence electrons. The number of fused-ring (bicyclic) bond motifs is 1. The number of halogens is 1. The zero-order valence-corrected chi connectivity index (χ0v) is 13.1. The lowest BCUT2D eigenvalue weighted by Gasteiger charge is -2.33. The van der Waals surface area contributed by atoms with E-state index in [0.29, 0.717) is 11.8 Å². The van der Waals surface area contributed by atoms with E-state index in [-0.39, 0.29) is 11.7 Å². The van der Waals surface area contributed by atoms with Crippen molar-refractivity contribution < 1.29 is 9.18 Å². The van der Waals surface area contributed by atoms with E-state index >= 15 is 0 Å². The van der Waals surface area contributed by atoms with Crippen LogP contribution in [0.3, 0.4) is 0 Å². The number of urea groups is 1. The largest absolute Gasteiger partial charge is 0.326 e. The van der Waals surface area contributed by atoms with Crippen LogP contribution in [0.5, 0.6) is 0 Å². The van der Waals surface area contributed by atoms with Crippen LogP contribution in [0.1, 0.15) is 13.3 Å². The molecule has 0 saturated carbocycles. The van der Waals surface area contributed by atoms with E-state index in [9.17, 15) is 9.18 Å². The van der Waals surface area contributed by atoms with Crippen molar-refractivity contribution in [3.63, 3.8) is 0 Å². The van der Waals surface area contributed by atoms with Crippen LogP contribution in [0.25, 0.3) is 0 Å². The Balaban J connectivity index is 1.87. The summed E-state index contributed by atoms with van der Waals surface area (Å²) in [5, 5.41) is 3.02. The van der Waals surface area contributed by atoms with Crippen molar-refractivity contribution >= 4 is 29.2 Å². The second kappa shape index (κ2) is 6.40. The molecule has 2 aromatic rings. The maximum absolute atomic E-state index is 13.7. The third-order valence-corrected chi connectivity index (χ3v) is 5.07. The Morgan fingerprint density at radius 1 is 1.27 bits per heavy atom. The lowest BCUT2D eigenvalue weighted by Crippen LogP contribution is -2.42.